The minimum Gasteiger partial charge on any atom is -0.481 e. The highest BCUT2D eigenvalue weighted by molar-refractivity contribution is 7.76. The standard InChI is InChI=1S/C30H32P2.C5H9NO4/c1-23-5-13-27(14-6-23)31(28-15-7-24(2)8-16-28)21-22-32(29-17-9-25(3)10-18-29)30-19-11-26(4)12-20-30;6-3(5(9)10)1-2-4(7)8/h5-20H,21-22H2,1-4H3;3H,1-2,6H2,(H,7,8)(H,9,10)/t;3-/m.0/s1. The maximum atomic E-state index is 9.99. The Balaban J connectivity index is 0.000000416. The summed E-state index contributed by atoms with van der Waals surface area (Å²) in [6.07, 6.45) is 2.18. The van der Waals surface area contributed by atoms with Crippen molar-refractivity contribution in [1.29, 1.82) is 0 Å². The highest BCUT2D eigenvalue weighted by atomic mass is 31.1. The molecule has 4 aromatic rings. The van der Waals surface area contributed by atoms with Crippen LogP contribution in [-0.2, 0) is 9.59 Å². The Bertz CT molecular complexity index is 1230. The molecule has 0 saturated heterocycles. The zero-order valence-corrected chi connectivity index (χ0v) is 26.6. The molecule has 0 aromatic heterocycles. The summed E-state index contributed by atoms with van der Waals surface area (Å²) in [5.74, 6) is -2.20. The SMILES string of the molecule is Cc1ccc(P(CCP(c2ccc(C)cc2)c2ccc(C)cc2)c2ccc(C)cc2)cc1.N[C@@H](CCC(=O)O)C(=O)O. The van der Waals surface area contributed by atoms with E-state index in [1.807, 2.05) is 0 Å². The van der Waals surface area contributed by atoms with Crippen molar-refractivity contribution in [2.75, 3.05) is 12.3 Å². The molecule has 0 heterocycles. The molecule has 0 aliphatic heterocycles. The van der Waals surface area contributed by atoms with Crippen LogP contribution in [0.4, 0.5) is 0 Å². The number of benzene rings is 4. The molecule has 0 spiro atoms. The van der Waals surface area contributed by atoms with Gasteiger partial charge in [0.15, 0.2) is 0 Å². The molecule has 4 N–H and O–H groups in total. The van der Waals surface area contributed by atoms with Crippen LogP contribution < -0.4 is 27.0 Å². The Kier molecular flexibility index (Phi) is 12.9. The number of nitrogens with two attached hydrogens (primary N) is 1. The van der Waals surface area contributed by atoms with Crippen molar-refractivity contribution in [3.8, 4) is 0 Å². The summed E-state index contributed by atoms with van der Waals surface area (Å²) in [6.45, 7) is 8.69. The Hall–Kier alpha value is -3.36. The van der Waals surface area contributed by atoms with E-state index in [4.69, 9.17) is 15.9 Å². The number of aryl methyl sites for hydroxylation is 4. The number of carboxylic acids is 2. The number of rotatable bonds is 11. The van der Waals surface area contributed by atoms with E-state index < -0.39 is 18.0 Å². The summed E-state index contributed by atoms with van der Waals surface area (Å²) >= 11 is 0. The molecule has 5 nitrogen and oxygen atoms in total. The van der Waals surface area contributed by atoms with Gasteiger partial charge in [0.05, 0.1) is 0 Å². The topological polar surface area (TPSA) is 101 Å². The van der Waals surface area contributed by atoms with E-state index in [-0.39, 0.29) is 28.7 Å². The second-order valence-corrected chi connectivity index (χ2v) is 15.2. The molecule has 4 aromatic carbocycles. The highest BCUT2D eigenvalue weighted by Crippen LogP contribution is 2.41. The third kappa shape index (κ3) is 10.5. The second kappa shape index (κ2) is 16.3. The quantitative estimate of drug-likeness (QED) is 0.190. The number of aliphatic carboxylic acids is 2. The van der Waals surface area contributed by atoms with E-state index >= 15 is 0 Å². The van der Waals surface area contributed by atoms with Crippen molar-refractivity contribution < 1.29 is 19.8 Å². The first-order chi connectivity index (χ1) is 20.0. The minimum atomic E-state index is -1.17. The average Bonchev–Trinajstić information content (AvgIpc) is 2.97. The molecule has 0 radical (unpaired) electrons. The lowest BCUT2D eigenvalue weighted by Gasteiger charge is -2.24. The van der Waals surface area contributed by atoms with E-state index in [1.165, 1.54) is 55.8 Å². The van der Waals surface area contributed by atoms with Crippen molar-refractivity contribution in [3.63, 3.8) is 0 Å². The fraction of sp³-hybridized carbons (Fsp3) is 0.257. The molecule has 0 aliphatic rings. The van der Waals surface area contributed by atoms with Crippen molar-refractivity contribution >= 4 is 49.0 Å². The Morgan fingerprint density at radius 2 is 0.833 bits per heavy atom. The summed E-state index contributed by atoms with van der Waals surface area (Å²) in [5, 5.41) is 22.2. The van der Waals surface area contributed by atoms with Gasteiger partial charge in [-0.05, 0) is 83.5 Å². The van der Waals surface area contributed by atoms with Gasteiger partial charge in [-0.3, -0.25) is 9.59 Å². The first-order valence-electron chi connectivity index (χ1n) is 14.1. The van der Waals surface area contributed by atoms with Crippen LogP contribution >= 0.6 is 15.8 Å². The lowest BCUT2D eigenvalue weighted by molar-refractivity contribution is -0.139. The first-order valence-corrected chi connectivity index (χ1v) is 17.1. The van der Waals surface area contributed by atoms with Crippen LogP contribution in [0.15, 0.2) is 97.1 Å². The smallest absolute Gasteiger partial charge is 0.320 e. The second-order valence-electron chi connectivity index (χ2n) is 10.5. The summed E-state index contributed by atoms with van der Waals surface area (Å²) in [6, 6.07) is 35.8. The van der Waals surface area contributed by atoms with Gasteiger partial charge in [0.2, 0.25) is 0 Å². The predicted molar refractivity (Wildman–Crippen MR) is 179 cm³/mol. The Morgan fingerprint density at radius 3 is 1.05 bits per heavy atom. The predicted octanol–water partition coefficient (Wildman–Crippen LogP) is 5.75. The third-order valence-electron chi connectivity index (χ3n) is 6.92. The summed E-state index contributed by atoms with van der Waals surface area (Å²) < 4.78 is 0. The zero-order valence-electron chi connectivity index (χ0n) is 24.8. The zero-order chi connectivity index (χ0) is 30.6. The van der Waals surface area contributed by atoms with Crippen LogP contribution in [-0.4, -0.2) is 40.5 Å². The first kappa shape index (κ1) is 33.1. The van der Waals surface area contributed by atoms with Crippen LogP contribution in [0.3, 0.4) is 0 Å². The van der Waals surface area contributed by atoms with Gasteiger partial charge in [0.25, 0.3) is 0 Å². The molecule has 42 heavy (non-hydrogen) atoms. The molecular weight excluding hydrogens is 560 g/mol. The van der Waals surface area contributed by atoms with Crippen LogP contribution in [0, 0.1) is 27.7 Å². The van der Waals surface area contributed by atoms with Crippen LogP contribution in [0.2, 0.25) is 0 Å². The van der Waals surface area contributed by atoms with Crippen molar-refractivity contribution in [2.45, 2.75) is 46.6 Å². The summed E-state index contributed by atoms with van der Waals surface area (Å²) in [4.78, 5) is 19.9. The summed E-state index contributed by atoms with van der Waals surface area (Å²) in [5.41, 5.74) is 10.3. The normalized spacial score (nSPS) is 11.6. The van der Waals surface area contributed by atoms with Gasteiger partial charge in [-0.2, -0.15) is 0 Å². The molecule has 1 atom stereocenters. The van der Waals surface area contributed by atoms with Gasteiger partial charge < -0.3 is 15.9 Å². The van der Waals surface area contributed by atoms with Gasteiger partial charge in [-0.25, -0.2) is 0 Å². The molecular formula is C35H41NO4P2. The molecule has 7 heteroatoms. The molecule has 0 bridgehead atoms. The van der Waals surface area contributed by atoms with E-state index in [0.717, 1.165) is 0 Å². The third-order valence-corrected chi connectivity index (χ3v) is 12.3. The number of hydrogen-bond donors (Lipinski definition) is 3. The van der Waals surface area contributed by atoms with Crippen molar-refractivity contribution in [2.24, 2.45) is 5.73 Å². The van der Waals surface area contributed by atoms with Crippen molar-refractivity contribution in [3.05, 3.63) is 119 Å². The minimum absolute atomic E-state index is 0.0231. The van der Waals surface area contributed by atoms with Crippen LogP contribution in [0.5, 0.6) is 0 Å². The van der Waals surface area contributed by atoms with E-state index in [9.17, 15) is 9.59 Å². The van der Waals surface area contributed by atoms with Gasteiger partial charge in [-0.15, -0.1) is 0 Å². The number of carboxylic acid groups (broad SMARTS) is 2. The van der Waals surface area contributed by atoms with Gasteiger partial charge >= 0.3 is 11.9 Å². The molecule has 4 rings (SSSR count). The highest BCUT2D eigenvalue weighted by Gasteiger charge is 2.19. The van der Waals surface area contributed by atoms with E-state index in [2.05, 4.69) is 125 Å². The molecule has 0 fully saturated rings. The molecule has 0 amide bonds. The lowest BCUT2D eigenvalue weighted by Crippen LogP contribution is -2.30. The average molecular weight is 602 g/mol. The summed E-state index contributed by atoms with van der Waals surface area (Å²) in [7, 11) is -0.770. The molecule has 220 valence electrons. The fourth-order valence-electron chi connectivity index (χ4n) is 4.32. The number of hydrogen-bond acceptors (Lipinski definition) is 3. The Morgan fingerprint density at radius 1 is 0.571 bits per heavy atom. The van der Waals surface area contributed by atoms with Crippen LogP contribution in [0.1, 0.15) is 35.1 Å². The maximum Gasteiger partial charge on any atom is 0.320 e. The molecule has 0 unspecified atom stereocenters. The van der Waals surface area contributed by atoms with E-state index in [1.54, 1.807) is 0 Å². The largest absolute Gasteiger partial charge is 0.481 e. The Labute approximate surface area is 252 Å². The van der Waals surface area contributed by atoms with Crippen molar-refractivity contribution in [1.82, 2.24) is 0 Å². The van der Waals surface area contributed by atoms with E-state index in [0.29, 0.717) is 0 Å². The van der Waals surface area contributed by atoms with Gasteiger partial charge in [-0.1, -0.05) is 119 Å². The van der Waals surface area contributed by atoms with Gasteiger partial charge in [0, 0.05) is 6.42 Å². The maximum absolute atomic E-state index is 9.99. The lowest BCUT2D eigenvalue weighted by atomic mass is 10.2. The molecule has 0 saturated carbocycles. The van der Waals surface area contributed by atoms with Crippen LogP contribution in [0.25, 0.3) is 0 Å². The fourth-order valence-corrected chi connectivity index (χ4v) is 9.58. The number of carbonyl (C=O) groups is 2. The monoisotopic (exact) mass is 601 g/mol. The molecule has 0 aliphatic carbocycles. The van der Waals surface area contributed by atoms with Gasteiger partial charge in [0.1, 0.15) is 6.04 Å².